The van der Waals surface area contributed by atoms with E-state index in [-0.39, 0.29) is 6.01 Å². The van der Waals surface area contributed by atoms with Crippen molar-refractivity contribution in [2.24, 2.45) is 0 Å². The fraction of sp³-hybridized carbons (Fsp3) is 0.0625. The first-order valence-corrected chi connectivity index (χ1v) is 7.22. The highest BCUT2D eigenvalue weighted by atomic mass is 35.5. The van der Waals surface area contributed by atoms with Crippen molar-refractivity contribution in [3.63, 3.8) is 0 Å². The summed E-state index contributed by atoms with van der Waals surface area (Å²) in [6, 6.07) is 13.5. The second-order valence-corrected chi connectivity index (χ2v) is 5.38. The standard InChI is InChI=1S/C16H11Cl2N3O/c1-22-16-19-9-15(20-21-16)11-4-2-10(3-5-11)13-7-6-12(17)8-14(13)18/h2-9H,1H3. The molecule has 0 aliphatic rings. The number of benzene rings is 2. The molecule has 22 heavy (non-hydrogen) atoms. The molecule has 0 aliphatic heterocycles. The molecule has 0 aliphatic carbocycles. The largest absolute Gasteiger partial charge is 0.466 e. The van der Waals surface area contributed by atoms with Gasteiger partial charge in [-0.1, -0.05) is 58.6 Å². The number of hydrogen-bond acceptors (Lipinski definition) is 4. The zero-order valence-electron chi connectivity index (χ0n) is 11.6. The fourth-order valence-corrected chi connectivity index (χ4v) is 2.55. The first-order chi connectivity index (χ1) is 10.7. The summed E-state index contributed by atoms with van der Waals surface area (Å²) >= 11 is 12.1. The molecule has 0 saturated carbocycles. The molecule has 110 valence electrons. The molecule has 3 rings (SSSR count). The molecular formula is C16H11Cl2N3O. The summed E-state index contributed by atoms with van der Waals surface area (Å²) in [4.78, 5) is 4.05. The van der Waals surface area contributed by atoms with Crippen LogP contribution in [0.4, 0.5) is 0 Å². The van der Waals surface area contributed by atoms with Crippen LogP contribution in [0.15, 0.2) is 48.7 Å². The lowest BCUT2D eigenvalue weighted by Gasteiger charge is -2.06. The normalized spacial score (nSPS) is 10.5. The van der Waals surface area contributed by atoms with E-state index >= 15 is 0 Å². The Morgan fingerprint density at radius 1 is 0.909 bits per heavy atom. The van der Waals surface area contributed by atoms with Gasteiger partial charge in [0.2, 0.25) is 0 Å². The van der Waals surface area contributed by atoms with Crippen molar-refractivity contribution < 1.29 is 4.74 Å². The Kier molecular flexibility index (Phi) is 4.22. The minimum absolute atomic E-state index is 0.244. The van der Waals surface area contributed by atoms with Gasteiger partial charge in [0.25, 0.3) is 0 Å². The molecule has 0 atom stereocenters. The summed E-state index contributed by atoms with van der Waals surface area (Å²) in [5.41, 5.74) is 3.52. The summed E-state index contributed by atoms with van der Waals surface area (Å²) in [5, 5.41) is 9.16. The van der Waals surface area contributed by atoms with Crippen LogP contribution in [0.2, 0.25) is 10.0 Å². The van der Waals surface area contributed by atoms with Crippen LogP contribution in [0.25, 0.3) is 22.4 Å². The van der Waals surface area contributed by atoms with Crippen LogP contribution in [0.1, 0.15) is 0 Å². The summed E-state index contributed by atoms with van der Waals surface area (Å²) in [7, 11) is 1.50. The van der Waals surface area contributed by atoms with Gasteiger partial charge in [-0.3, -0.25) is 0 Å². The number of aromatic nitrogens is 3. The lowest BCUT2D eigenvalue weighted by molar-refractivity contribution is 0.373. The van der Waals surface area contributed by atoms with Gasteiger partial charge in [0.1, 0.15) is 5.69 Å². The van der Waals surface area contributed by atoms with Gasteiger partial charge in [0.05, 0.1) is 13.3 Å². The van der Waals surface area contributed by atoms with Gasteiger partial charge in [-0.15, -0.1) is 5.10 Å². The average Bonchev–Trinajstić information content (AvgIpc) is 2.55. The highest BCUT2D eigenvalue weighted by molar-refractivity contribution is 6.36. The summed E-state index contributed by atoms with van der Waals surface area (Å²) in [6.07, 6.45) is 1.62. The van der Waals surface area contributed by atoms with Gasteiger partial charge in [-0.2, -0.15) is 0 Å². The van der Waals surface area contributed by atoms with Gasteiger partial charge in [-0.25, -0.2) is 4.98 Å². The Bertz CT molecular complexity index is 789. The number of methoxy groups -OCH3 is 1. The van der Waals surface area contributed by atoms with Gasteiger partial charge < -0.3 is 4.74 Å². The third kappa shape index (κ3) is 3.03. The molecule has 0 amide bonds. The molecule has 6 heteroatoms. The van der Waals surface area contributed by atoms with E-state index in [0.717, 1.165) is 16.7 Å². The van der Waals surface area contributed by atoms with E-state index in [2.05, 4.69) is 15.2 Å². The van der Waals surface area contributed by atoms with Crippen LogP contribution < -0.4 is 4.74 Å². The second kappa shape index (κ2) is 6.30. The molecule has 3 aromatic rings. The minimum atomic E-state index is 0.244. The third-order valence-electron chi connectivity index (χ3n) is 3.15. The Morgan fingerprint density at radius 2 is 1.64 bits per heavy atom. The van der Waals surface area contributed by atoms with E-state index in [9.17, 15) is 0 Å². The third-order valence-corrected chi connectivity index (χ3v) is 3.69. The van der Waals surface area contributed by atoms with Crippen LogP contribution in [-0.2, 0) is 0 Å². The van der Waals surface area contributed by atoms with Crippen LogP contribution in [0.5, 0.6) is 6.01 Å². The molecular weight excluding hydrogens is 321 g/mol. The van der Waals surface area contributed by atoms with Gasteiger partial charge in [-0.05, 0) is 17.7 Å². The molecule has 1 aromatic heterocycles. The smallest absolute Gasteiger partial charge is 0.335 e. The fourth-order valence-electron chi connectivity index (χ4n) is 2.03. The van der Waals surface area contributed by atoms with E-state index in [1.54, 1.807) is 12.3 Å². The number of nitrogens with zero attached hydrogens (tertiary/aromatic N) is 3. The number of hydrogen-bond donors (Lipinski definition) is 0. The van der Waals surface area contributed by atoms with Crippen LogP contribution in [-0.4, -0.2) is 22.3 Å². The van der Waals surface area contributed by atoms with Crippen molar-refractivity contribution >= 4 is 23.2 Å². The van der Waals surface area contributed by atoms with Crippen LogP contribution >= 0.6 is 23.2 Å². The Hall–Kier alpha value is -2.17. The van der Waals surface area contributed by atoms with E-state index in [4.69, 9.17) is 27.9 Å². The first-order valence-electron chi connectivity index (χ1n) is 6.47. The number of ether oxygens (including phenoxy) is 1. The van der Waals surface area contributed by atoms with Crippen molar-refractivity contribution in [2.45, 2.75) is 0 Å². The maximum atomic E-state index is 6.22. The molecule has 0 N–H and O–H groups in total. The Morgan fingerprint density at radius 3 is 2.23 bits per heavy atom. The van der Waals surface area contributed by atoms with Gasteiger partial charge >= 0.3 is 6.01 Å². The molecule has 1 heterocycles. The summed E-state index contributed by atoms with van der Waals surface area (Å²) in [6.45, 7) is 0. The van der Waals surface area contributed by atoms with Crippen molar-refractivity contribution in [2.75, 3.05) is 7.11 Å². The number of rotatable bonds is 3. The second-order valence-electron chi connectivity index (χ2n) is 4.53. The highest BCUT2D eigenvalue weighted by Gasteiger charge is 2.06. The van der Waals surface area contributed by atoms with Crippen molar-refractivity contribution in [1.29, 1.82) is 0 Å². The van der Waals surface area contributed by atoms with Crippen LogP contribution in [0.3, 0.4) is 0 Å². The average molecular weight is 332 g/mol. The zero-order valence-corrected chi connectivity index (χ0v) is 13.1. The summed E-state index contributed by atoms with van der Waals surface area (Å²) in [5.74, 6) is 0. The van der Waals surface area contributed by atoms with Gasteiger partial charge in [0.15, 0.2) is 0 Å². The van der Waals surface area contributed by atoms with E-state index in [1.807, 2.05) is 36.4 Å². The molecule has 0 radical (unpaired) electrons. The quantitative estimate of drug-likeness (QED) is 0.707. The maximum Gasteiger partial charge on any atom is 0.335 e. The van der Waals surface area contributed by atoms with E-state index < -0.39 is 0 Å². The molecule has 0 spiro atoms. The number of halogens is 2. The molecule has 4 nitrogen and oxygen atoms in total. The lowest BCUT2D eigenvalue weighted by Crippen LogP contribution is -1.95. The molecule has 2 aromatic carbocycles. The van der Waals surface area contributed by atoms with E-state index in [1.165, 1.54) is 7.11 Å². The van der Waals surface area contributed by atoms with Crippen molar-refractivity contribution in [3.8, 4) is 28.4 Å². The highest BCUT2D eigenvalue weighted by Crippen LogP contribution is 2.31. The maximum absolute atomic E-state index is 6.22. The Balaban J connectivity index is 1.91. The predicted octanol–water partition coefficient (Wildman–Crippen LogP) is 4.52. The van der Waals surface area contributed by atoms with Gasteiger partial charge in [0, 0.05) is 21.2 Å². The van der Waals surface area contributed by atoms with Crippen LogP contribution in [0, 0.1) is 0 Å². The minimum Gasteiger partial charge on any atom is -0.466 e. The van der Waals surface area contributed by atoms with Crippen molar-refractivity contribution in [1.82, 2.24) is 15.2 Å². The molecule has 0 unspecified atom stereocenters. The molecule has 0 saturated heterocycles. The monoisotopic (exact) mass is 331 g/mol. The first kappa shape index (κ1) is 14.8. The molecule has 0 fully saturated rings. The SMILES string of the molecule is COc1ncc(-c2ccc(-c3ccc(Cl)cc3Cl)cc2)nn1. The van der Waals surface area contributed by atoms with E-state index in [0.29, 0.717) is 15.7 Å². The lowest BCUT2D eigenvalue weighted by atomic mass is 10.0. The topological polar surface area (TPSA) is 47.9 Å². The van der Waals surface area contributed by atoms with Crippen molar-refractivity contribution in [3.05, 3.63) is 58.7 Å². The Labute approximate surface area is 137 Å². The zero-order chi connectivity index (χ0) is 15.5. The predicted molar refractivity (Wildman–Crippen MR) is 87.3 cm³/mol. The summed E-state index contributed by atoms with van der Waals surface area (Å²) < 4.78 is 4.89. The molecule has 0 bridgehead atoms.